The number of amides is 1. The summed E-state index contributed by atoms with van der Waals surface area (Å²) < 4.78 is 2.10. The third kappa shape index (κ3) is 4.49. The van der Waals surface area contributed by atoms with Crippen LogP contribution in [0.3, 0.4) is 0 Å². The van der Waals surface area contributed by atoms with Crippen molar-refractivity contribution in [3.05, 3.63) is 39.2 Å². The smallest absolute Gasteiger partial charge is 0.236 e. The molecule has 1 aliphatic carbocycles. The van der Waals surface area contributed by atoms with E-state index in [1.807, 2.05) is 11.3 Å². The van der Waals surface area contributed by atoms with Gasteiger partial charge in [0.15, 0.2) is 11.0 Å². The molecule has 29 heavy (non-hydrogen) atoms. The number of fused-ring (bicyclic) bond motifs is 1. The van der Waals surface area contributed by atoms with E-state index < -0.39 is 0 Å². The molecule has 9 heteroatoms. The molecule has 6 nitrogen and oxygen atoms in total. The Morgan fingerprint density at radius 1 is 1.41 bits per heavy atom. The van der Waals surface area contributed by atoms with Gasteiger partial charge in [-0.25, -0.2) is 4.98 Å². The maximum Gasteiger partial charge on any atom is 0.236 e. The summed E-state index contributed by atoms with van der Waals surface area (Å²) in [6.45, 7) is 5.15. The zero-order valence-electron chi connectivity index (χ0n) is 16.3. The van der Waals surface area contributed by atoms with E-state index >= 15 is 0 Å². The number of aromatic nitrogens is 4. The fraction of sp³-hybridized carbons (Fsp3) is 0.400. The van der Waals surface area contributed by atoms with Gasteiger partial charge in [0.2, 0.25) is 5.91 Å². The average molecular weight is 448 g/mol. The van der Waals surface area contributed by atoms with Gasteiger partial charge in [0.25, 0.3) is 0 Å². The second kappa shape index (κ2) is 8.85. The number of carbonyl (C=O) groups excluding carboxylic acids is 1. The van der Waals surface area contributed by atoms with E-state index in [4.69, 9.17) is 11.6 Å². The summed E-state index contributed by atoms with van der Waals surface area (Å²) in [5.74, 6) is 2.23. The predicted octanol–water partition coefficient (Wildman–Crippen LogP) is 4.93. The Labute approximate surface area is 183 Å². The van der Waals surface area contributed by atoms with Crippen LogP contribution in [-0.2, 0) is 24.2 Å². The normalized spacial score (nSPS) is 15.9. The Kier molecular flexibility index (Phi) is 6.22. The first-order valence-corrected chi connectivity index (χ1v) is 11.9. The molecule has 4 rings (SSSR count). The minimum atomic E-state index is -0.140. The molecule has 3 heterocycles. The van der Waals surface area contributed by atoms with E-state index in [-0.39, 0.29) is 11.7 Å². The molecule has 0 saturated heterocycles. The number of carbonyl (C=O) groups is 1. The average Bonchev–Trinajstić information content (AvgIpc) is 3.30. The van der Waals surface area contributed by atoms with Gasteiger partial charge < -0.3 is 9.88 Å². The number of hydrogen-bond donors (Lipinski definition) is 1. The van der Waals surface area contributed by atoms with Crippen LogP contribution in [0.15, 0.2) is 28.9 Å². The number of pyridine rings is 1. The molecule has 0 aliphatic heterocycles. The van der Waals surface area contributed by atoms with Crippen LogP contribution in [0.25, 0.3) is 11.4 Å². The van der Waals surface area contributed by atoms with Gasteiger partial charge in [-0.2, -0.15) is 0 Å². The van der Waals surface area contributed by atoms with E-state index in [0.29, 0.717) is 10.8 Å². The van der Waals surface area contributed by atoms with Crippen LogP contribution in [0.1, 0.15) is 30.7 Å². The molecular formula is C20H22ClN5OS2. The first-order chi connectivity index (χ1) is 14.0. The Hall–Kier alpha value is -1.90. The zero-order chi connectivity index (χ0) is 20.4. The second-order valence-electron chi connectivity index (χ2n) is 7.15. The number of thioether (sulfide) groups is 1. The summed E-state index contributed by atoms with van der Waals surface area (Å²) in [5.41, 5.74) is 2.63. The highest BCUT2D eigenvalue weighted by molar-refractivity contribution is 7.99. The van der Waals surface area contributed by atoms with E-state index in [0.717, 1.165) is 36.3 Å². The van der Waals surface area contributed by atoms with Crippen LogP contribution in [0.4, 0.5) is 5.82 Å². The first kappa shape index (κ1) is 20.4. The minimum absolute atomic E-state index is 0.140. The molecule has 0 radical (unpaired) electrons. The van der Waals surface area contributed by atoms with E-state index in [2.05, 4.69) is 44.3 Å². The largest absolute Gasteiger partial charge is 0.310 e. The van der Waals surface area contributed by atoms with Gasteiger partial charge in [-0.1, -0.05) is 30.3 Å². The predicted molar refractivity (Wildman–Crippen MR) is 119 cm³/mol. The van der Waals surface area contributed by atoms with E-state index in [1.165, 1.54) is 40.4 Å². The number of nitrogens with zero attached hydrogens (tertiary/aromatic N) is 4. The van der Waals surface area contributed by atoms with E-state index in [9.17, 15) is 4.79 Å². The van der Waals surface area contributed by atoms with Gasteiger partial charge in [-0.15, -0.1) is 21.5 Å². The summed E-state index contributed by atoms with van der Waals surface area (Å²) >= 11 is 9.04. The molecule has 1 aliphatic rings. The van der Waals surface area contributed by atoms with Crippen LogP contribution in [-0.4, -0.2) is 31.4 Å². The lowest BCUT2D eigenvalue weighted by Gasteiger charge is -2.19. The molecule has 0 fully saturated rings. The molecule has 0 spiro atoms. The van der Waals surface area contributed by atoms with Crippen molar-refractivity contribution in [2.75, 3.05) is 11.1 Å². The van der Waals surface area contributed by atoms with Gasteiger partial charge in [0.1, 0.15) is 5.82 Å². The maximum absolute atomic E-state index is 12.3. The third-order valence-electron chi connectivity index (χ3n) is 5.00. The first-order valence-electron chi connectivity index (χ1n) is 9.62. The molecule has 1 amide bonds. The highest BCUT2D eigenvalue weighted by Gasteiger charge is 2.24. The highest BCUT2D eigenvalue weighted by Crippen LogP contribution is 2.38. The molecule has 3 aromatic heterocycles. The quantitative estimate of drug-likeness (QED) is 0.542. The summed E-state index contributed by atoms with van der Waals surface area (Å²) in [4.78, 5) is 17.8. The standard InChI is InChI=1S/C20H22ClN5OS2/c1-3-26-19(15-10-28-16-8-12(2)4-6-14(15)16)24-25-20(26)29-11-18(27)23-17-7-5-13(21)9-22-17/h5,7,9-10,12H,3-4,6,8,11H2,1-2H3,(H,22,23,27). The zero-order valence-corrected chi connectivity index (χ0v) is 18.7. The number of halogens is 1. The van der Waals surface area contributed by atoms with Crippen LogP contribution in [0, 0.1) is 5.92 Å². The topological polar surface area (TPSA) is 72.7 Å². The lowest BCUT2D eigenvalue weighted by Crippen LogP contribution is -2.15. The number of thiophene rings is 1. The molecule has 0 aromatic carbocycles. The molecule has 0 bridgehead atoms. The van der Waals surface area contributed by atoms with Crippen LogP contribution >= 0.6 is 34.7 Å². The number of hydrogen-bond acceptors (Lipinski definition) is 6. The van der Waals surface area contributed by atoms with Gasteiger partial charge in [0, 0.05) is 28.6 Å². The SMILES string of the molecule is CCn1c(SCC(=O)Nc2ccc(Cl)cn2)nnc1-c1csc2c1CCC(C)C2. The van der Waals surface area contributed by atoms with Crippen LogP contribution < -0.4 is 5.32 Å². The van der Waals surface area contributed by atoms with Crippen molar-refractivity contribution >= 4 is 46.4 Å². The Bertz CT molecular complexity index is 1010. The number of anilines is 1. The second-order valence-corrected chi connectivity index (χ2v) is 9.49. The van der Waals surface area contributed by atoms with Gasteiger partial charge in [-0.05, 0) is 49.8 Å². The molecule has 1 unspecified atom stereocenters. The minimum Gasteiger partial charge on any atom is -0.310 e. The number of rotatable bonds is 6. The van der Waals surface area contributed by atoms with Crippen LogP contribution in [0.5, 0.6) is 0 Å². The fourth-order valence-electron chi connectivity index (χ4n) is 3.50. The van der Waals surface area contributed by atoms with Crippen molar-refractivity contribution in [3.8, 4) is 11.4 Å². The van der Waals surface area contributed by atoms with Crippen molar-refractivity contribution in [1.29, 1.82) is 0 Å². The summed E-state index contributed by atoms with van der Waals surface area (Å²) in [5, 5.41) is 15.1. The molecule has 0 saturated carbocycles. The molecular weight excluding hydrogens is 426 g/mol. The lowest BCUT2D eigenvalue weighted by molar-refractivity contribution is -0.113. The van der Waals surface area contributed by atoms with Crippen molar-refractivity contribution in [3.63, 3.8) is 0 Å². The molecule has 1 atom stereocenters. The number of nitrogens with one attached hydrogen (secondary N) is 1. The lowest BCUT2D eigenvalue weighted by atomic mass is 9.88. The van der Waals surface area contributed by atoms with Crippen molar-refractivity contribution in [2.45, 2.75) is 44.8 Å². The summed E-state index contributed by atoms with van der Waals surface area (Å²) in [6, 6.07) is 3.37. The van der Waals surface area contributed by atoms with Gasteiger partial charge in [0.05, 0.1) is 10.8 Å². The maximum atomic E-state index is 12.3. The molecule has 3 aromatic rings. The van der Waals surface area contributed by atoms with Crippen molar-refractivity contribution in [2.24, 2.45) is 5.92 Å². The third-order valence-corrected chi connectivity index (χ3v) is 7.24. The fourth-order valence-corrected chi connectivity index (χ4v) is 5.66. The van der Waals surface area contributed by atoms with Crippen molar-refractivity contribution < 1.29 is 4.79 Å². The van der Waals surface area contributed by atoms with Gasteiger partial charge >= 0.3 is 0 Å². The summed E-state index contributed by atoms with van der Waals surface area (Å²) in [6.07, 6.45) is 4.98. The van der Waals surface area contributed by atoms with Crippen LogP contribution in [0.2, 0.25) is 5.02 Å². The Morgan fingerprint density at radius 2 is 2.28 bits per heavy atom. The molecule has 152 valence electrons. The molecule has 1 N–H and O–H groups in total. The highest BCUT2D eigenvalue weighted by atomic mass is 35.5. The van der Waals surface area contributed by atoms with Gasteiger partial charge in [-0.3, -0.25) is 4.79 Å². The Morgan fingerprint density at radius 3 is 3.03 bits per heavy atom. The van der Waals surface area contributed by atoms with E-state index in [1.54, 1.807) is 12.1 Å². The Balaban J connectivity index is 1.47. The van der Waals surface area contributed by atoms with Crippen molar-refractivity contribution in [1.82, 2.24) is 19.7 Å². The summed E-state index contributed by atoms with van der Waals surface area (Å²) in [7, 11) is 0. The monoisotopic (exact) mass is 447 g/mol.